The highest BCUT2D eigenvalue weighted by Gasteiger charge is 2.06. The van der Waals surface area contributed by atoms with Crippen LogP contribution in [0.25, 0.3) is 0 Å². The monoisotopic (exact) mass is 233 g/mol. The minimum atomic E-state index is 0.801. The highest BCUT2D eigenvalue weighted by Crippen LogP contribution is 2.09. The summed E-state index contributed by atoms with van der Waals surface area (Å²) in [5, 5.41) is 0. The summed E-state index contributed by atoms with van der Waals surface area (Å²) in [6.45, 7) is 10.4. The van der Waals surface area contributed by atoms with Gasteiger partial charge in [0.1, 0.15) is 0 Å². The number of hydrogen-bond acceptors (Lipinski definition) is 1. The van der Waals surface area contributed by atoms with Gasteiger partial charge in [-0.25, -0.2) is 0 Å². The van der Waals surface area contributed by atoms with E-state index >= 15 is 0 Å². The minimum Gasteiger partial charge on any atom is -0.299 e. The molecule has 0 N–H and O–H groups in total. The molecule has 0 amide bonds. The minimum absolute atomic E-state index is 0.801. The third-order valence-corrected chi connectivity index (χ3v) is 3.10. The van der Waals surface area contributed by atoms with E-state index in [9.17, 15) is 0 Å². The lowest BCUT2D eigenvalue weighted by Crippen LogP contribution is -2.26. The van der Waals surface area contributed by atoms with E-state index < -0.39 is 0 Å². The lowest BCUT2D eigenvalue weighted by atomic mass is 10.1. The van der Waals surface area contributed by atoms with Gasteiger partial charge in [-0.05, 0) is 37.4 Å². The van der Waals surface area contributed by atoms with E-state index in [0.29, 0.717) is 0 Å². The second-order valence-corrected chi connectivity index (χ2v) is 5.30. The Kier molecular flexibility index (Phi) is 6.95. The third-order valence-electron chi connectivity index (χ3n) is 3.10. The van der Waals surface area contributed by atoms with Crippen molar-refractivity contribution in [2.45, 2.75) is 46.6 Å². The molecule has 0 bridgehead atoms. The van der Waals surface area contributed by atoms with Crippen LogP contribution in [-0.4, -0.2) is 18.0 Å². The molecule has 0 aliphatic rings. The van der Waals surface area contributed by atoms with Crippen molar-refractivity contribution in [3.63, 3.8) is 0 Å². The molecule has 0 radical (unpaired) electrons. The van der Waals surface area contributed by atoms with E-state index in [-0.39, 0.29) is 0 Å². The summed E-state index contributed by atoms with van der Waals surface area (Å²) < 4.78 is 0. The molecule has 1 aromatic carbocycles. The Morgan fingerprint density at radius 2 is 1.76 bits per heavy atom. The summed E-state index contributed by atoms with van der Waals surface area (Å²) in [6, 6.07) is 10.8. The van der Waals surface area contributed by atoms with E-state index in [4.69, 9.17) is 0 Å². The molecule has 17 heavy (non-hydrogen) atoms. The first-order valence-electron chi connectivity index (χ1n) is 6.98. The number of unbranched alkanes of at least 4 members (excludes halogenated alkanes) is 1. The lowest BCUT2D eigenvalue weighted by molar-refractivity contribution is 0.246. The van der Waals surface area contributed by atoms with E-state index in [1.807, 2.05) is 0 Å². The fourth-order valence-corrected chi connectivity index (χ4v) is 1.93. The molecule has 0 saturated heterocycles. The van der Waals surface area contributed by atoms with Crippen LogP contribution in [0.4, 0.5) is 0 Å². The van der Waals surface area contributed by atoms with Crippen LogP contribution in [0.1, 0.15) is 45.6 Å². The molecule has 1 heteroatoms. The average molecular weight is 233 g/mol. The molecule has 1 aromatic rings. The standard InChI is InChI=1S/C16H27N/c1-4-5-12-17(13-11-15(2)3)14-16-9-7-6-8-10-16/h6-10,15H,4-5,11-14H2,1-3H3. The zero-order valence-electron chi connectivity index (χ0n) is 11.7. The molecular formula is C16H27N. The van der Waals surface area contributed by atoms with E-state index in [1.165, 1.54) is 37.9 Å². The fraction of sp³-hybridized carbons (Fsp3) is 0.625. The summed E-state index contributed by atoms with van der Waals surface area (Å²) in [7, 11) is 0. The van der Waals surface area contributed by atoms with Crippen molar-refractivity contribution < 1.29 is 0 Å². The molecule has 0 heterocycles. The van der Waals surface area contributed by atoms with Gasteiger partial charge in [-0.15, -0.1) is 0 Å². The van der Waals surface area contributed by atoms with Crippen LogP contribution < -0.4 is 0 Å². The second-order valence-electron chi connectivity index (χ2n) is 5.30. The van der Waals surface area contributed by atoms with Crippen LogP contribution in [0.15, 0.2) is 30.3 Å². The first-order valence-corrected chi connectivity index (χ1v) is 6.98. The Bertz CT molecular complexity index is 279. The molecule has 0 saturated carbocycles. The Labute approximate surface area is 107 Å². The van der Waals surface area contributed by atoms with Gasteiger partial charge in [-0.1, -0.05) is 57.5 Å². The largest absolute Gasteiger partial charge is 0.299 e. The quantitative estimate of drug-likeness (QED) is 0.646. The van der Waals surface area contributed by atoms with Gasteiger partial charge in [0.05, 0.1) is 0 Å². The normalized spacial score (nSPS) is 11.4. The smallest absolute Gasteiger partial charge is 0.0233 e. The van der Waals surface area contributed by atoms with Crippen molar-refractivity contribution in [1.29, 1.82) is 0 Å². The van der Waals surface area contributed by atoms with Gasteiger partial charge < -0.3 is 0 Å². The molecule has 0 atom stereocenters. The highest BCUT2D eigenvalue weighted by atomic mass is 15.1. The topological polar surface area (TPSA) is 3.24 Å². The molecule has 0 aliphatic carbocycles. The van der Waals surface area contributed by atoms with Crippen molar-refractivity contribution in [2.75, 3.05) is 13.1 Å². The maximum absolute atomic E-state index is 2.60. The van der Waals surface area contributed by atoms with E-state index in [0.717, 1.165) is 12.5 Å². The Hall–Kier alpha value is -0.820. The van der Waals surface area contributed by atoms with E-state index in [2.05, 4.69) is 56.0 Å². The first kappa shape index (κ1) is 14.2. The molecule has 1 rings (SSSR count). The highest BCUT2D eigenvalue weighted by molar-refractivity contribution is 5.14. The zero-order valence-corrected chi connectivity index (χ0v) is 11.7. The second kappa shape index (κ2) is 8.30. The number of benzene rings is 1. The number of rotatable bonds is 8. The summed E-state index contributed by atoms with van der Waals surface area (Å²) in [6.07, 6.45) is 3.90. The molecule has 0 fully saturated rings. The van der Waals surface area contributed by atoms with E-state index in [1.54, 1.807) is 0 Å². The molecular weight excluding hydrogens is 206 g/mol. The summed E-state index contributed by atoms with van der Waals surface area (Å²) in [5.74, 6) is 0.801. The van der Waals surface area contributed by atoms with Crippen LogP contribution >= 0.6 is 0 Å². The summed E-state index contributed by atoms with van der Waals surface area (Å²) >= 11 is 0. The lowest BCUT2D eigenvalue weighted by Gasteiger charge is -2.23. The van der Waals surface area contributed by atoms with Gasteiger partial charge >= 0.3 is 0 Å². The predicted octanol–water partition coefficient (Wildman–Crippen LogP) is 4.33. The molecule has 0 aliphatic heterocycles. The third kappa shape index (κ3) is 6.48. The summed E-state index contributed by atoms with van der Waals surface area (Å²) in [5.41, 5.74) is 1.44. The Morgan fingerprint density at radius 1 is 1.06 bits per heavy atom. The number of nitrogens with zero attached hydrogens (tertiary/aromatic N) is 1. The van der Waals surface area contributed by atoms with Crippen molar-refractivity contribution >= 4 is 0 Å². The van der Waals surface area contributed by atoms with Gasteiger partial charge in [-0.2, -0.15) is 0 Å². The summed E-state index contributed by atoms with van der Waals surface area (Å²) in [4.78, 5) is 2.60. The SMILES string of the molecule is CCCCN(CCC(C)C)Cc1ccccc1. The maximum Gasteiger partial charge on any atom is 0.0233 e. The Balaban J connectivity index is 2.44. The molecule has 0 spiro atoms. The predicted molar refractivity (Wildman–Crippen MR) is 76.1 cm³/mol. The first-order chi connectivity index (χ1) is 8.22. The molecule has 0 unspecified atom stereocenters. The van der Waals surface area contributed by atoms with Crippen LogP contribution in [0.2, 0.25) is 0 Å². The van der Waals surface area contributed by atoms with Crippen molar-refractivity contribution in [3.05, 3.63) is 35.9 Å². The van der Waals surface area contributed by atoms with Crippen LogP contribution in [0.5, 0.6) is 0 Å². The fourth-order valence-electron chi connectivity index (χ4n) is 1.93. The maximum atomic E-state index is 2.60. The molecule has 0 aromatic heterocycles. The Morgan fingerprint density at radius 3 is 2.35 bits per heavy atom. The van der Waals surface area contributed by atoms with Crippen LogP contribution in [0, 0.1) is 5.92 Å². The van der Waals surface area contributed by atoms with Gasteiger partial charge in [0, 0.05) is 6.54 Å². The van der Waals surface area contributed by atoms with Gasteiger partial charge in [0.15, 0.2) is 0 Å². The van der Waals surface area contributed by atoms with Crippen LogP contribution in [-0.2, 0) is 6.54 Å². The zero-order chi connectivity index (χ0) is 12.5. The van der Waals surface area contributed by atoms with Crippen molar-refractivity contribution in [3.8, 4) is 0 Å². The van der Waals surface area contributed by atoms with Gasteiger partial charge in [-0.3, -0.25) is 4.90 Å². The molecule has 1 nitrogen and oxygen atoms in total. The van der Waals surface area contributed by atoms with Crippen molar-refractivity contribution in [1.82, 2.24) is 4.90 Å². The van der Waals surface area contributed by atoms with Gasteiger partial charge in [0.25, 0.3) is 0 Å². The molecule has 96 valence electrons. The van der Waals surface area contributed by atoms with Crippen molar-refractivity contribution in [2.24, 2.45) is 5.92 Å². The van der Waals surface area contributed by atoms with Gasteiger partial charge in [0.2, 0.25) is 0 Å². The average Bonchev–Trinajstić information content (AvgIpc) is 2.34. The number of hydrogen-bond donors (Lipinski definition) is 0. The van der Waals surface area contributed by atoms with Crippen LogP contribution in [0.3, 0.4) is 0 Å².